The maximum Gasteiger partial charge on any atom is 0.337 e. The molecule has 0 saturated heterocycles. The van der Waals surface area contributed by atoms with E-state index in [1.165, 1.54) is 13.4 Å². The van der Waals surface area contributed by atoms with E-state index in [-0.39, 0.29) is 17.8 Å². The molecule has 1 saturated carbocycles. The minimum absolute atomic E-state index is 0.00583. The second-order valence-electron chi connectivity index (χ2n) is 3.92. The molecule has 1 heterocycles. The van der Waals surface area contributed by atoms with Crippen LogP contribution in [0.25, 0.3) is 0 Å². The smallest absolute Gasteiger partial charge is 0.337 e. The average molecular weight is 210 g/mol. The third-order valence-corrected chi connectivity index (χ3v) is 3.14. The zero-order chi connectivity index (χ0) is 11.0. The van der Waals surface area contributed by atoms with Crippen molar-refractivity contribution < 1.29 is 19.4 Å². The second-order valence-corrected chi connectivity index (χ2v) is 3.92. The largest absolute Gasteiger partial charge is 0.472 e. The zero-order valence-electron chi connectivity index (χ0n) is 8.60. The Kier molecular flexibility index (Phi) is 2.52. The number of carbonyl (C=O) groups is 1. The predicted octanol–water partition coefficient (Wildman–Crippen LogP) is 0.974. The maximum atomic E-state index is 11.4. The van der Waals surface area contributed by atoms with Gasteiger partial charge in [0.15, 0.2) is 0 Å². The van der Waals surface area contributed by atoms with Gasteiger partial charge in [-0.25, -0.2) is 4.79 Å². The summed E-state index contributed by atoms with van der Waals surface area (Å²) in [5.74, 6) is -0.551. The quantitative estimate of drug-likeness (QED) is 0.517. The van der Waals surface area contributed by atoms with Crippen molar-refractivity contribution in [2.24, 2.45) is 11.8 Å². The van der Waals surface area contributed by atoms with Gasteiger partial charge in [-0.1, -0.05) is 12.2 Å². The summed E-state index contributed by atoms with van der Waals surface area (Å²) in [5, 5.41) is 9.64. The van der Waals surface area contributed by atoms with Gasteiger partial charge in [0, 0.05) is 11.8 Å². The van der Waals surface area contributed by atoms with Gasteiger partial charge in [-0.3, -0.25) is 0 Å². The van der Waals surface area contributed by atoms with E-state index in [0.717, 1.165) is 18.4 Å². The van der Waals surface area contributed by atoms with Crippen LogP contribution in [0.4, 0.5) is 0 Å². The molecule has 4 heteroatoms. The highest BCUT2D eigenvalue weighted by Crippen LogP contribution is 2.44. The molecule has 2 aliphatic rings. The number of esters is 1. The molecule has 1 aliphatic heterocycles. The molecule has 0 radical (unpaired) electrons. The summed E-state index contributed by atoms with van der Waals surface area (Å²) >= 11 is 0. The minimum Gasteiger partial charge on any atom is -0.472 e. The van der Waals surface area contributed by atoms with E-state index in [1.807, 2.05) is 0 Å². The van der Waals surface area contributed by atoms with Gasteiger partial charge in [0.05, 0.1) is 18.9 Å². The van der Waals surface area contributed by atoms with E-state index in [2.05, 4.69) is 11.3 Å². The fourth-order valence-corrected chi connectivity index (χ4v) is 2.35. The molecular formula is C11H14O4. The normalized spacial score (nSPS) is 34.1. The van der Waals surface area contributed by atoms with Crippen LogP contribution < -0.4 is 0 Å². The van der Waals surface area contributed by atoms with Crippen LogP contribution in [0.2, 0.25) is 0 Å². The standard InChI is InChI=1S/C11H14O4/c1-6-3-4-7-8(10(12)14-2)5-15-11(13)9(6)7/h5,7,9,11,13H,1,3-4H2,2H3/t7-,9+,11?/m1/s1. The van der Waals surface area contributed by atoms with E-state index in [1.54, 1.807) is 0 Å². The Morgan fingerprint density at radius 3 is 3.13 bits per heavy atom. The summed E-state index contributed by atoms with van der Waals surface area (Å²) in [4.78, 5) is 11.4. The highest BCUT2D eigenvalue weighted by atomic mass is 16.6. The fraction of sp³-hybridized carbons (Fsp3) is 0.545. The first kappa shape index (κ1) is 10.2. The van der Waals surface area contributed by atoms with Crippen molar-refractivity contribution in [3.63, 3.8) is 0 Å². The van der Waals surface area contributed by atoms with Gasteiger partial charge in [0.25, 0.3) is 0 Å². The van der Waals surface area contributed by atoms with Crippen LogP contribution in [0.3, 0.4) is 0 Å². The highest BCUT2D eigenvalue weighted by molar-refractivity contribution is 5.89. The van der Waals surface area contributed by atoms with Gasteiger partial charge in [-0.2, -0.15) is 0 Å². The van der Waals surface area contributed by atoms with Crippen LogP contribution in [0, 0.1) is 11.8 Å². The molecule has 15 heavy (non-hydrogen) atoms. The molecule has 1 unspecified atom stereocenters. The number of carbonyl (C=O) groups excluding carboxylic acids is 1. The van der Waals surface area contributed by atoms with Crippen molar-refractivity contribution in [1.29, 1.82) is 0 Å². The number of rotatable bonds is 1. The van der Waals surface area contributed by atoms with Crippen molar-refractivity contribution in [3.8, 4) is 0 Å². The Hall–Kier alpha value is -1.29. The first-order chi connectivity index (χ1) is 7.15. The molecule has 2 rings (SSSR count). The van der Waals surface area contributed by atoms with E-state index in [0.29, 0.717) is 5.57 Å². The average Bonchev–Trinajstić information content (AvgIpc) is 2.61. The summed E-state index contributed by atoms with van der Waals surface area (Å²) < 4.78 is 9.70. The molecule has 0 spiro atoms. The SMILES string of the molecule is C=C1CC[C@@H]2C(C(=O)OC)=COC(O)[C@@H]12. The van der Waals surface area contributed by atoms with Crippen molar-refractivity contribution in [2.75, 3.05) is 7.11 Å². The van der Waals surface area contributed by atoms with Gasteiger partial charge in [-0.15, -0.1) is 0 Å². The number of aliphatic hydroxyl groups is 1. The minimum atomic E-state index is -0.876. The molecule has 0 aromatic heterocycles. The topological polar surface area (TPSA) is 55.8 Å². The zero-order valence-corrected chi connectivity index (χ0v) is 8.60. The molecule has 1 fully saturated rings. The number of hydrogen-bond donors (Lipinski definition) is 1. The van der Waals surface area contributed by atoms with E-state index in [9.17, 15) is 9.90 Å². The van der Waals surface area contributed by atoms with Crippen LogP contribution in [0.1, 0.15) is 12.8 Å². The highest BCUT2D eigenvalue weighted by Gasteiger charge is 2.43. The van der Waals surface area contributed by atoms with Crippen molar-refractivity contribution in [2.45, 2.75) is 19.1 Å². The van der Waals surface area contributed by atoms with Crippen LogP contribution in [-0.4, -0.2) is 24.5 Å². The summed E-state index contributed by atoms with van der Waals surface area (Å²) in [6, 6.07) is 0. The van der Waals surface area contributed by atoms with Crippen LogP contribution in [0.15, 0.2) is 24.0 Å². The van der Waals surface area contributed by atoms with Gasteiger partial charge in [-0.05, 0) is 12.8 Å². The van der Waals surface area contributed by atoms with Gasteiger partial charge < -0.3 is 14.6 Å². The van der Waals surface area contributed by atoms with Crippen molar-refractivity contribution in [3.05, 3.63) is 24.0 Å². The van der Waals surface area contributed by atoms with E-state index >= 15 is 0 Å². The Morgan fingerprint density at radius 2 is 2.47 bits per heavy atom. The first-order valence-corrected chi connectivity index (χ1v) is 4.94. The number of fused-ring (bicyclic) bond motifs is 1. The maximum absolute atomic E-state index is 11.4. The summed E-state index contributed by atoms with van der Waals surface area (Å²) in [5.41, 5.74) is 1.45. The second kappa shape index (κ2) is 3.70. The lowest BCUT2D eigenvalue weighted by Gasteiger charge is -2.30. The van der Waals surface area contributed by atoms with Gasteiger partial charge in [0.2, 0.25) is 6.29 Å². The van der Waals surface area contributed by atoms with E-state index in [4.69, 9.17) is 4.74 Å². The molecule has 0 amide bonds. The molecule has 1 aliphatic carbocycles. The molecule has 4 nitrogen and oxygen atoms in total. The number of methoxy groups -OCH3 is 1. The van der Waals surface area contributed by atoms with Crippen LogP contribution >= 0.6 is 0 Å². The molecule has 3 atom stereocenters. The Bertz CT molecular complexity index is 331. The number of ether oxygens (including phenoxy) is 2. The van der Waals surface area contributed by atoms with E-state index < -0.39 is 6.29 Å². The summed E-state index contributed by atoms with van der Waals surface area (Å²) in [6.07, 6.45) is 2.09. The fourth-order valence-electron chi connectivity index (χ4n) is 2.35. The number of hydrogen-bond acceptors (Lipinski definition) is 4. The molecule has 82 valence electrons. The monoisotopic (exact) mass is 210 g/mol. The van der Waals surface area contributed by atoms with Crippen LogP contribution in [0.5, 0.6) is 0 Å². The Balaban J connectivity index is 2.28. The number of aliphatic hydroxyl groups excluding tert-OH is 1. The lowest BCUT2D eigenvalue weighted by Crippen LogP contribution is -2.33. The molecule has 0 aromatic rings. The summed E-state index contributed by atoms with van der Waals surface area (Å²) in [6.45, 7) is 3.89. The molecular weight excluding hydrogens is 196 g/mol. The third kappa shape index (κ3) is 1.55. The molecule has 0 bridgehead atoms. The van der Waals surface area contributed by atoms with Gasteiger partial charge >= 0.3 is 5.97 Å². The Morgan fingerprint density at radius 1 is 1.73 bits per heavy atom. The lowest BCUT2D eigenvalue weighted by atomic mass is 9.86. The summed E-state index contributed by atoms with van der Waals surface area (Å²) in [7, 11) is 1.34. The van der Waals surface area contributed by atoms with Crippen molar-refractivity contribution in [1.82, 2.24) is 0 Å². The van der Waals surface area contributed by atoms with Crippen LogP contribution in [-0.2, 0) is 14.3 Å². The predicted molar refractivity (Wildman–Crippen MR) is 52.5 cm³/mol. The van der Waals surface area contributed by atoms with Gasteiger partial charge in [0.1, 0.15) is 0 Å². The Labute approximate surface area is 88.2 Å². The first-order valence-electron chi connectivity index (χ1n) is 4.94. The third-order valence-electron chi connectivity index (χ3n) is 3.14. The van der Waals surface area contributed by atoms with Crippen molar-refractivity contribution >= 4 is 5.97 Å². The molecule has 1 N–H and O–H groups in total. The molecule has 0 aromatic carbocycles. The lowest BCUT2D eigenvalue weighted by molar-refractivity contribution is -0.141.